The van der Waals surface area contributed by atoms with Crippen LogP contribution < -0.4 is 0 Å². The van der Waals surface area contributed by atoms with E-state index in [9.17, 15) is 14.3 Å². The number of aromatic carboxylic acids is 1. The number of carbonyl (C=O) groups is 1. The van der Waals surface area contributed by atoms with Gasteiger partial charge in [-0.1, -0.05) is 31.1 Å². The minimum absolute atomic E-state index is 0.0318. The van der Waals surface area contributed by atoms with Crippen molar-refractivity contribution in [3.63, 3.8) is 0 Å². The molecule has 0 aliphatic rings. The van der Waals surface area contributed by atoms with Crippen molar-refractivity contribution in [3.05, 3.63) is 41.4 Å². The van der Waals surface area contributed by atoms with Crippen LogP contribution in [0.5, 0.6) is 0 Å². The molecule has 0 saturated carbocycles. The normalized spacial score (nSPS) is 10.9. The van der Waals surface area contributed by atoms with Crippen molar-refractivity contribution in [3.8, 4) is 11.3 Å². The summed E-state index contributed by atoms with van der Waals surface area (Å²) in [6, 6.07) is 5.88. The van der Waals surface area contributed by atoms with Gasteiger partial charge in [-0.2, -0.15) is 0 Å². The molecule has 4 nitrogen and oxygen atoms in total. The molecule has 0 saturated heterocycles. The van der Waals surface area contributed by atoms with Gasteiger partial charge in [0, 0.05) is 11.5 Å². The maximum absolute atomic E-state index is 13.7. The lowest BCUT2D eigenvalue weighted by Crippen LogP contribution is -2.03. The Bertz CT molecular complexity index is 590. The molecular weight excluding hydrogens is 237 g/mol. The molecule has 5 heteroatoms. The van der Waals surface area contributed by atoms with Crippen LogP contribution in [-0.4, -0.2) is 16.2 Å². The van der Waals surface area contributed by atoms with Crippen molar-refractivity contribution in [2.75, 3.05) is 0 Å². The molecule has 1 N–H and O–H groups in total. The topological polar surface area (TPSA) is 63.3 Å². The average molecular weight is 249 g/mol. The summed E-state index contributed by atoms with van der Waals surface area (Å²) in [4.78, 5) is 11.3. The zero-order chi connectivity index (χ0) is 13.3. The first kappa shape index (κ1) is 12.3. The number of aromatic nitrogens is 1. The Morgan fingerprint density at radius 1 is 1.39 bits per heavy atom. The van der Waals surface area contributed by atoms with Gasteiger partial charge in [0.25, 0.3) is 0 Å². The Kier molecular flexibility index (Phi) is 3.14. The number of nitrogens with zero attached hydrogens (tertiary/aromatic N) is 1. The second kappa shape index (κ2) is 4.60. The molecule has 18 heavy (non-hydrogen) atoms. The first-order chi connectivity index (χ1) is 8.52. The summed E-state index contributed by atoms with van der Waals surface area (Å²) >= 11 is 0. The van der Waals surface area contributed by atoms with Crippen molar-refractivity contribution in [1.29, 1.82) is 0 Å². The SMILES string of the molecule is CC(C)c1onc(-c2ccccc2F)c1C(=O)O. The zero-order valence-corrected chi connectivity index (χ0v) is 9.98. The standard InChI is InChI=1S/C13H12FNO3/c1-7(2)12-10(13(16)17)11(15-18-12)8-5-3-4-6-9(8)14/h3-7H,1-2H3,(H,16,17). The monoisotopic (exact) mass is 249 g/mol. The van der Waals surface area contributed by atoms with Gasteiger partial charge >= 0.3 is 5.97 Å². The van der Waals surface area contributed by atoms with E-state index in [0.29, 0.717) is 0 Å². The lowest BCUT2D eigenvalue weighted by atomic mass is 10.0. The van der Waals surface area contributed by atoms with Gasteiger partial charge in [0.1, 0.15) is 17.1 Å². The van der Waals surface area contributed by atoms with Crippen molar-refractivity contribution >= 4 is 5.97 Å². The molecule has 0 atom stereocenters. The van der Waals surface area contributed by atoms with Crippen LogP contribution in [0.2, 0.25) is 0 Å². The van der Waals surface area contributed by atoms with Gasteiger partial charge in [0.2, 0.25) is 0 Å². The first-order valence-corrected chi connectivity index (χ1v) is 5.50. The molecule has 0 fully saturated rings. The van der Waals surface area contributed by atoms with E-state index in [1.54, 1.807) is 19.9 Å². The number of benzene rings is 1. The van der Waals surface area contributed by atoms with Crippen LogP contribution in [0.25, 0.3) is 11.3 Å². The van der Waals surface area contributed by atoms with Gasteiger partial charge in [0.15, 0.2) is 5.76 Å². The van der Waals surface area contributed by atoms with E-state index in [1.807, 2.05) is 0 Å². The predicted octanol–water partition coefficient (Wildman–Crippen LogP) is 3.30. The fraction of sp³-hybridized carbons (Fsp3) is 0.231. The fourth-order valence-corrected chi connectivity index (χ4v) is 1.74. The van der Waals surface area contributed by atoms with Gasteiger partial charge in [-0.15, -0.1) is 0 Å². The number of carboxylic acids is 1. The van der Waals surface area contributed by atoms with Gasteiger partial charge in [0.05, 0.1) is 0 Å². The van der Waals surface area contributed by atoms with Crippen LogP contribution in [-0.2, 0) is 0 Å². The van der Waals surface area contributed by atoms with E-state index in [2.05, 4.69) is 5.16 Å². The summed E-state index contributed by atoms with van der Waals surface area (Å²) in [7, 11) is 0. The molecule has 0 bridgehead atoms. The molecule has 0 unspecified atom stereocenters. The highest BCUT2D eigenvalue weighted by Gasteiger charge is 2.26. The molecular formula is C13H12FNO3. The minimum Gasteiger partial charge on any atom is -0.477 e. The van der Waals surface area contributed by atoms with Crippen LogP contribution in [0.15, 0.2) is 28.8 Å². The zero-order valence-electron chi connectivity index (χ0n) is 9.98. The minimum atomic E-state index is -1.17. The number of hydrogen-bond donors (Lipinski definition) is 1. The Labute approximate surface area is 103 Å². The molecule has 0 amide bonds. The van der Waals surface area contributed by atoms with E-state index >= 15 is 0 Å². The van der Waals surface area contributed by atoms with Gasteiger partial charge in [-0.05, 0) is 12.1 Å². The lowest BCUT2D eigenvalue weighted by molar-refractivity contribution is 0.0694. The highest BCUT2D eigenvalue weighted by atomic mass is 19.1. The van der Waals surface area contributed by atoms with Crippen molar-refractivity contribution in [2.45, 2.75) is 19.8 Å². The molecule has 0 spiro atoms. The summed E-state index contributed by atoms with van der Waals surface area (Å²) < 4.78 is 18.7. The Morgan fingerprint density at radius 2 is 2.06 bits per heavy atom. The number of rotatable bonds is 3. The molecule has 1 aromatic heterocycles. The summed E-state index contributed by atoms with van der Waals surface area (Å²) in [5.41, 5.74) is 0.0879. The number of hydrogen-bond acceptors (Lipinski definition) is 3. The largest absolute Gasteiger partial charge is 0.477 e. The Balaban J connectivity index is 2.66. The van der Waals surface area contributed by atoms with Crippen LogP contribution in [0.4, 0.5) is 4.39 Å². The average Bonchev–Trinajstić information content (AvgIpc) is 2.74. The number of halogens is 1. The van der Waals surface area contributed by atoms with Crippen LogP contribution in [0.1, 0.15) is 35.9 Å². The summed E-state index contributed by atoms with van der Waals surface area (Å²) in [5, 5.41) is 12.9. The molecule has 2 aromatic rings. The molecule has 1 aromatic carbocycles. The van der Waals surface area contributed by atoms with Crippen LogP contribution >= 0.6 is 0 Å². The summed E-state index contributed by atoms with van der Waals surface area (Å²) in [6.45, 7) is 3.58. The smallest absolute Gasteiger partial charge is 0.341 e. The van der Waals surface area contributed by atoms with E-state index in [0.717, 1.165) is 0 Å². The van der Waals surface area contributed by atoms with Gasteiger partial charge in [-0.25, -0.2) is 9.18 Å². The molecule has 2 rings (SSSR count). The predicted molar refractivity (Wildman–Crippen MR) is 62.9 cm³/mol. The summed E-state index contributed by atoms with van der Waals surface area (Å²) in [6.07, 6.45) is 0. The molecule has 0 aliphatic heterocycles. The van der Waals surface area contributed by atoms with E-state index in [-0.39, 0.29) is 28.5 Å². The molecule has 1 heterocycles. The summed E-state index contributed by atoms with van der Waals surface area (Å²) in [5.74, 6) is -1.58. The second-order valence-electron chi connectivity index (χ2n) is 4.21. The van der Waals surface area contributed by atoms with E-state index in [1.165, 1.54) is 18.2 Å². The van der Waals surface area contributed by atoms with Gasteiger partial charge < -0.3 is 9.63 Å². The van der Waals surface area contributed by atoms with E-state index in [4.69, 9.17) is 4.52 Å². The van der Waals surface area contributed by atoms with Crippen molar-refractivity contribution < 1.29 is 18.8 Å². The highest BCUT2D eigenvalue weighted by Crippen LogP contribution is 2.31. The van der Waals surface area contributed by atoms with Crippen LogP contribution in [0.3, 0.4) is 0 Å². The lowest BCUT2D eigenvalue weighted by Gasteiger charge is -2.02. The van der Waals surface area contributed by atoms with Crippen molar-refractivity contribution in [1.82, 2.24) is 5.16 Å². The van der Waals surface area contributed by atoms with E-state index < -0.39 is 11.8 Å². The van der Waals surface area contributed by atoms with Crippen molar-refractivity contribution in [2.24, 2.45) is 0 Å². The third kappa shape index (κ3) is 1.99. The molecule has 0 radical (unpaired) electrons. The maximum atomic E-state index is 13.7. The third-order valence-electron chi connectivity index (χ3n) is 2.59. The molecule has 94 valence electrons. The number of carboxylic acid groups (broad SMARTS) is 1. The quantitative estimate of drug-likeness (QED) is 0.906. The van der Waals surface area contributed by atoms with Gasteiger partial charge in [-0.3, -0.25) is 0 Å². The Morgan fingerprint density at radius 3 is 2.61 bits per heavy atom. The third-order valence-corrected chi connectivity index (χ3v) is 2.59. The maximum Gasteiger partial charge on any atom is 0.341 e. The van der Waals surface area contributed by atoms with Crippen LogP contribution in [0, 0.1) is 5.82 Å². The highest BCUT2D eigenvalue weighted by molar-refractivity contribution is 5.96. The molecule has 0 aliphatic carbocycles. The fourth-order valence-electron chi connectivity index (χ4n) is 1.74. The second-order valence-corrected chi connectivity index (χ2v) is 4.21. The Hall–Kier alpha value is -2.17. The first-order valence-electron chi connectivity index (χ1n) is 5.50.